The van der Waals surface area contributed by atoms with Crippen LogP contribution in [0, 0.1) is 0 Å². The molecule has 1 aromatic rings. The van der Waals surface area contributed by atoms with E-state index in [1.165, 1.54) is 6.20 Å². The Bertz CT molecular complexity index is 655. The normalized spacial score (nSPS) is 19.6. The zero-order valence-corrected chi connectivity index (χ0v) is 14.6. The van der Waals surface area contributed by atoms with Gasteiger partial charge in [0.2, 0.25) is 0 Å². The van der Waals surface area contributed by atoms with Crippen LogP contribution in [0.5, 0.6) is 5.75 Å². The number of carbonyl (C=O) groups is 1. The fraction of sp³-hybridized carbons (Fsp3) is 0.444. The third-order valence-corrected chi connectivity index (χ3v) is 4.89. The first-order valence-electron chi connectivity index (χ1n) is 8.50. The van der Waals surface area contributed by atoms with Gasteiger partial charge in [0.1, 0.15) is 12.1 Å². The fourth-order valence-electron chi connectivity index (χ4n) is 3.58. The molecule has 2 N–H and O–H groups in total. The van der Waals surface area contributed by atoms with E-state index in [9.17, 15) is 4.79 Å². The molecule has 2 aliphatic rings. The van der Waals surface area contributed by atoms with Crippen molar-refractivity contribution in [2.75, 3.05) is 26.7 Å². The zero-order valence-electron chi connectivity index (χ0n) is 14.6. The predicted octanol–water partition coefficient (Wildman–Crippen LogP) is 1.73. The highest BCUT2D eigenvalue weighted by atomic mass is 16.5. The Kier molecular flexibility index (Phi) is 5.23. The van der Waals surface area contributed by atoms with E-state index < -0.39 is 0 Å². The number of hydrogen-bond acceptors (Lipinski definition) is 5. The maximum atomic E-state index is 13.0. The second kappa shape index (κ2) is 7.57. The van der Waals surface area contributed by atoms with Crippen molar-refractivity contribution in [3.63, 3.8) is 0 Å². The lowest BCUT2D eigenvalue weighted by Crippen LogP contribution is -2.53. The molecule has 2 saturated heterocycles. The molecule has 2 amide bonds. The summed E-state index contributed by atoms with van der Waals surface area (Å²) in [5.74, 6) is 0.803. The zero-order chi connectivity index (χ0) is 17.7. The number of piperidine rings is 1. The molecule has 1 aromatic carbocycles. The highest BCUT2D eigenvalue weighted by molar-refractivity contribution is 5.89. The van der Waals surface area contributed by atoms with Gasteiger partial charge in [-0.25, -0.2) is 4.79 Å². The molecule has 0 radical (unpaired) electrons. The lowest BCUT2D eigenvalue weighted by molar-refractivity contribution is 0.119. The van der Waals surface area contributed by atoms with Gasteiger partial charge in [-0.05, 0) is 43.6 Å². The molecule has 2 aliphatic heterocycles. The summed E-state index contributed by atoms with van der Waals surface area (Å²) in [5.41, 5.74) is 3.56. The highest BCUT2D eigenvalue weighted by Crippen LogP contribution is 2.35. The topological polar surface area (TPSA) is 69.2 Å². The molecular weight excluding hydrogens is 318 g/mol. The van der Waals surface area contributed by atoms with Gasteiger partial charge >= 0.3 is 6.03 Å². The van der Waals surface area contributed by atoms with Crippen LogP contribution in [0.1, 0.15) is 18.4 Å². The lowest BCUT2D eigenvalue weighted by Gasteiger charge is -2.40. The SMILES string of the molecule is C=CN/N=C\N1CC2(CCNCC2)N(Cc2cccc(OC)c2)C1=O. The standard InChI is InChI=1S/C18H25N5O2/c1-3-20-21-14-22-13-18(7-9-19-10-8-18)23(17(22)24)12-15-5-4-6-16(11-15)25-2/h3-6,11,14,19-20H,1,7-10,12-13H2,2H3/b21-14-. The first-order chi connectivity index (χ1) is 12.2. The molecule has 2 heterocycles. The highest BCUT2D eigenvalue weighted by Gasteiger charge is 2.49. The summed E-state index contributed by atoms with van der Waals surface area (Å²) in [6.07, 6.45) is 4.90. The van der Waals surface area contributed by atoms with Crippen LogP contribution < -0.4 is 15.5 Å². The van der Waals surface area contributed by atoms with Crippen molar-refractivity contribution < 1.29 is 9.53 Å². The number of urea groups is 1. The van der Waals surface area contributed by atoms with E-state index in [1.54, 1.807) is 18.3 Å². The van der Waals surface area contributed by atoms with Crippen molar-refractivity contribution in [1.29, 1.82) is 0 Å². The van der Waals surface area contributed by atoms with Crippen molar-refractivity contribution in [3.8, 4) is 5.75 Å². The van der Waals surface area contributed by atoms with Gasteiger partial charge in [0.05, 0.1) is 19.2 Å². The van der Waals surface area contributed by atoms with Crippen LogP contribution >= 0.6 is 0 Å². The van der Waals surface area contributed by atoms with Crippen molar-refractivity contribution in [2.24, 2.45) is 5.10 Å². The summed E-state index contributed by atoms with van der Waals surface area (Å²) in [4.78, 5) is 16.7. The number of nitrogens with zero attached hydrogens (tertiary/aromatic N) is 3. The van der Waals surface area contributed by atoms with Crippen molar-refractivity contribution >= 4 is 12.4 Å². The number of methoxy groups -OCH3 is 1. The first kappa shape index (κ1) is 17.3. The number of amides is 2. The molecule has 3 rings (SSSR count). The maximum absolute atomic E-state index is 13.0. The number of ether oxygens (including phenoxy) is 1. The molecular formula is C18H25N5O2. The summed E-state index contributed by atoms with van der Waals surface area (Å²) in [7, 11) is 1.65. The summed E-state index contributed by atoms with van der Waals surface area (Å²) >= 11 is 0. The van der Waals surface area contributed by atoms with E-state index in [2.05, 4.69) is 22.4 Å². The number of carbonyl (C=O) groups excluding carboxylic acids is 1. The smallest absolute Gasteiger partial charge is 0.326 e. The Labute approximate surface area is 148 Å². The van der Waals surface area contributed by atoms with Crippen LogP contribution in [0.4, 0.5) is 4.79 Å². The molecule has 0 aliphatic carbocycles. The molecule has 0 aromatic heterocycles. The molecule has 7 heteroatoms. The molecule has 7 nitrogen and oxygen atoms in total. The molecule has 25 heavy (non-hydrogen) atoms. The summed E-state index contributed by atoms with van der Waals surface area (Å²) in [6.45, 7) is 6.60. The fourth-order valence-corrected chi connectivity index (χ4v) is 3.58. The molecule has 0 bridgehead atoms. The van der Waals surface area contributed by atoms with E-state index in [-0.39, 0.29) is 11.6 Å². The van der Waals surface area contributed by atoms with Gasteiger partial charge in [0.25, 0.3) is 0 Å². The lowest BCUT2D eigenvalue weighted by atomic mass is 9.87. The van der Waals surface area contributed by atoms with Gasteiger partial charge in [-0.1, -0.05) is 18.7 Å². The van der Waals surface area contributed by atoms with E-state index in [1.807, 2.05) is 29.2 Å². The van der Waals surface area contributed by atoms with Gasteiger partial charge in [0, 0.05) is 12.7 Å². The molecule has 0 atom stereocenters. The van der Waals surface area contributed by atoms with Crippen LogP contribution in [0.2, 0.25) is 0 Å². The second-order valence-corrected chi connectivity index (χ2v) is 6.40. The van der Waals surface area contributed by atoms with Gasteiger partial charge < -0.3 is 15.0 Å². The maximum Gasteiger partial charge on any atom is 0.326 e. The molecule has 134 valence electrons. The van der Waals surface area contributed by atoms with Crippen LogP contribution in [-0.4, -0.2) is 54.5 Å². The van der Waals surface area contributed by atoms with Gasteiger partial charge in [0.15, 0.2) is 0 Å². The number of benzene rings is 1. The number of hydrazone groups is 1. The summed E-state index contributed by atoms with van der Waals surface area (Å²) in [6, 6.07) is 7.87. The Morgan fingerprint density at radius 3 is 2.96 bits per heavy atom. The van der Waals surface area contributed by atoms with E-state index in [0.29, 0.717) is 13.1 Å². The average Bonchev–Trinajstić information content (AvgIpc) is 2.88. The Hall–Kier alpha value is -2.54. The Balaban J connectivity index is 1.84. The van der Waals surface area contributed by atoms with Crippen LogP contribution in [0.25, 0.3) is 0 Å². The van der Waals surface area contributed by atoms with Crippen LogP contribution in [0.3, 0.4) is 0 Å². The Morgan fingerprint density at radius 2 is 2.24 bits per heavy atom. The van der Waals surface area contributed by atoms with Crippen molar-refractivity contribution in [3.05, 3.63) is 42.6 Å². The third-order valence-electron chi connectivity index (χ3n) is 4.89. The van der Waals surface area contributed by atoms with Gasteiger partial charge in [-0.15, -0.1) is 0 Å². The predicted molar refractivity (Wildman–Crippen MR) is 97.3 cm³/mol. The quantitative estimate of drug-likeness (QED) is 0.469. The largest absolute Gasteiger partial charge is 0.497 e. The number of nitrogens with one attached hydrogen (secondary N) is 2. The van der Waals surface area contributed by atoms with Gasteiger partial charge in [-0.2, -0.15) is 5.10 Å². The number of rotatable bonds is 6. The minimum atomic E-state index is -0.161. The summed E-state index contributed by atoms with van der Waals surface area (Å²) < 4.78 is 5.31. The van der Waals surface area contributed by atoms with Crippen molar-refractivity contribution in [2.45, 2.75) is 24.9 Å². The van der Waals surface area contributed by atoms with Gasteiger partial charge in [-0.3, -0.25) is 10.3 Å². The minimum Gasteiger partial charge on any atom is -0.497 e. The first-order valence-corrected chi connectivity index (χ1v) is 8.50. The van der Waals surface area contributed by atoms with E-state index in [0.717, 1.165) is 37.2 Å². The van der Waals surface area contributed by atoms with Crippen LogP contribution in [0.15, 0.2) is 42.1 Å². The average molecular weight is 343 g/mol. The van der Waals surface area contributed by atoms with E-state index >= 15 is 0 Å². The number of hydrogen-bond donors (Lipinski definition) is 2. The molecule has 1 spiro atoms. The molecule has 0 unspecified atom stereocenters. The van der Waals surface area contributed by atoms with E-state index in [4.69, 9.17) is 4.74 Å². The third kappa shape index (κ3) is 3.61. The summed E-state index contributed by atoms with van der Waals surface area (Å²) in [5, 5.41) is 7.40. The van der Waals surface area contributed by atoms with Crippen LogP contribution in [-0.2, 0) is 6.54 Å². The Morgan fingerprint density at radius 1 is 1.44 bits per heavy atom. The molecule has 0 saturated carbocycles. The second-order valence-electron chi connectivity index (χ2n) is 6.40. The minimum absolute atomic E-state index is 0.0145. The monoisotopic (exact) mass is 343 g/mol. The molecule has 2 fully saturated rings. The van der Waals surface area contributed by atoms with Crippen molar-refractivity contribution in [1.82, 2.24) is 20.5 Å².